The van der Waals surface area contributed by atoms with Crippen molar-refractivity contribution in [1.82, 2.24) is 9.88 Å². The molecule has 8 heteroatoms. The van der Waals surface area contributed by atoms with E-state index in [0.29, 0.717) is 29.2 Å². The zero-order valence-corrected chi connectivity index (χ0v) is 13.4. The minimum Gasteiger partial charge on any atom is -0.368 e. The van der Waals surface area contributed by atoms with Gasteiger partial charge in [0.1, 0.15) is 6.04 Å². The number of hydrogen-bond acceptors (Lipinski definition) is 5. The molecular formula is C15H16N4O3S. The molecule has 120 valence electrons. The maximum atomic E-state index is 12.6. The van der Waals surface area contributed by atoms with Crippen molar-refractivity contribution in [3.8, 4) is 0 Å². The maximum Gasteiger partial charge on any atom is 0.254 e. The molecule has 3 amide bonds. The molecule has 1 fully saturated rings. The zero-order valence-electron chi connectivity index (χ0n) is 12.5. The molecule has 0 unspecified atom stereocenters. The fraction of sp³-hybridized carbons (Fsp3) is 0.333. The highest BCUT2D eigenvalue weighted by atomic mass is 32.1. The van der Waals surface area contributed by atoms with Gasteiger partial charge in [-0.25, -0.2) is 4.98 Å². The molecule has 0 spiro atoms. The number of rotatable bonds is 3. The predicted octanol–water partition coefficient (Wildman–Crippen LogP) is 1.34. The molecule has 0 radical (unpaired) electrons. The third kappa shape index (κ3) is 3.02. The predicted molar refractivity (Wildman–Crippen MR) is 87.2 cm³/mol. The zero-order chi connectivity index (χ0) is 16.6. The number of nitrogens with one attached hydrogen (secondary N) is 1. The van der Waals surface area contributed by atoms with Gasteiger partial charge >= 0.3 is 0 Å². The highest BCUT2D eigenvalue weighted by molar-refractivity contribution is 7.22. The molecule has 3 N–H and O–H groups in total. The monoisotopic (exact) mass is 332 g/mol. The normalized spacial score (nSPS) is 17.4. The third-order valence-electron chi connectivity index (χ3n) is 3.76. The van der Waals surface area contributed by atoms with Crippen molar-refractivity contribution in [3.05, 3.63) is 23.8 Å². The number of fused-ring (bicyclic) bond motifs is 1. The minimum atomic E-state index is -0.533. The number of anilines is 1. The second kappa shape index (κ2) is 5.96. The van der Waals surface area contributed by atoms with Gasteiger partial charge in [-0.15, -0.1) is 0 Å². The van der Waals surface area contributed by atoms with E-state index in [0.717, 1.165) is 11.1 Å². The summed E-state index contributed by atoms with van der Waals surface area (Å²) in [5.41, 5.74) is 6.56. The average molecular weight is 332 g/mol. The van der Waals surface area contributed by atoms with E-state index in [1.54, 1.807) is 18.2 Å². The van der Waals surface area contributed by atoms with Crippen LogP contribution in [-0.4, -0.2) is 40.2 Å². The number of carbonyl (C=O) groups is 3. The van der Waals surface area contributed by atoms with Crippen LogP contribution in [0.25, 0.3) is 10.2 Å². The number of hydrogen-bond donors (Lipinski definition) is 2. The van der Waals surface area contributed by atoms with Crippen molar-refractivity contribution in [3.63, 3.8) is 0 Å². The van der Waals surface area contributed by atoms with Crippen LogP contribution >= 0.6 is 11.3 Å². The van der Waals surface area contributed by atoms with Crippen LogP contribution in [0, 0.1) is 0 Å². The molecule has 3 rings (SSSR count). The van der Waals surface area contributed by atoms with Crippen molar-refractivity contribution < 1.29 is 14.4 Å². The fourth-order valence-electron chi connectivity index (χ4n) is 2.73. The molecule has 2 heterocycles. The highest BCUT2D eigenvalue weighted by Gasteiger charge is 2.33. The number of aromatic nitrogens is 1. The van der Waals surface area contributed by atoms with Crippen molar-refractivity contribution in [2.45, 2.75) is 25.8 Å². The van der Waals surface area contributed by atoms with E-state index in [1.807, 2.05) is 0 Å². The topological polar surface area (TPSA) is 105 Å². The Kier molecular flexibility index (Phi) is 3.99. The summed E-state index contributed by atoms with van der Waals surface area (Å²) in [5, 5.41) is 3.13. The Morgan fingerprint density at radius 3 is 2.87 bits per heavy atom. The molecule has 23 heavy (non-hydrogen) atoms. The molecular weight excluding hydrogens is 316 g/mol. The third-order valence-corrected chi connectivity index (χ3v) is 4.69. The number of likely N-dealkylation sites (tertiary alicyclic amines) is 1. The summed E-state index contributed by atoms with van der Waals surface area (Å²) >= 11 is 1.30. The Labute approximate surface area is 136 Å². The maximum absolute atomic E-state index is 12.6. The van der Waals surface area contributed by atoms with Gasteiger partial charge in [0.2, 0.25) is 11.8 Å². The van der Waals surface area contributed by atoms with Gasteiger partial charge in [-0.05, 0) is 31.0 Å². The lowest BCUT2D eigenvalue weighted by atomic mass is 10.1. The Hall–Kier alpha value is -2.48. The molecule has 1 aliphatic heterocycles. The number of primary amides is 1. The second-order valence-electron chi connectivity index (χ2n) is 5.44. The van der Waals surface area contributed by atoms with E-state index < -0.39 is 11.9 Å². The Bertz CT molecular complexity index is 801. The van der Waals surface area contributed by atoms with Crippen molar-refractivity contribution >= 4 is 44.4 Å². The summed E-state index contributed by atoms with van der Waals surface area (Å²) in [6.45, 7) is 1.95. The van der Waals surface area contributed by atoms with Crippen molar-refractivity contribution in [2.24, 2.45) is 5.73 Å². The number of carbonyl (C=O) groups excluding carboxylic acids is 3. The number of thiazole rings is 1. The van der Waals surface area contributed by atoms with Gasteiger partial charge in [-0.2, -0.15) is 0 Å². The summed E-state index contributed by atoms with van der Waals surface area (Å²) in [6, 6.07) is 4.62. The van der Waals surface area contributed by atoms with E-state index in [4.69, 9.17) is 5.73 Å². The van der Waals surface area contributed by atoms with Crippen LogP contribution in [0.1, 0.15) is 30.1 Å². The first-order valence-electron chi connectivity index (χ1n) is 7.24. The first kappa shape index (κ1) is 15.4. The summed E-state index contributed by atoms with van der Waals surface area (Å²) in [5.74, 6) is -0.868. The van der Waals surface area contributed by atoms with Crippen molar-refractivity contribution in [2.75, 3.05) is 11.9 Å². The van der Waals surface area contributed by atoms with Crippen LogP contribution in [0.3, 0.4) is 0 Å². The largest absolute Gasteiger partial charge is 0.368 e. The quantitative estimate of drug-likeness (QED) is 0.885. The Morgan fingerprint density at radius 2 is 2.17 bits per heavy atom. The van der Waals surface area contributed by atoms with Crippen LogP contribution in [0.15, 0.2) is 18.2 Å². The smallest absolute Gasteiger partial charge is 0.254 e. The van der Waals surface area contributed by atoms with Gasteiger partial charge < -0.3 is 16.0 Å². The van der Waals surface area contributed by atoms with E-state index in [2.05, 4.69) is 10.3 Å². The van der Waals surface area contributed by atoms with E-state index in [1.165, 1.54) is 23.2 Å². The van der Waals surface area contributed by atoms with Gasteiger partial charge in [-0.1, -0.05) is 11.3 Å². The molecule has 1 aromatic carbocycles. The molecule has 1 aromatic heterocycles. The molecule has 7 nitrogen and oxygen atoms in total. The SMILES string of the molecule is CC(=O)Nc1nc2ccc(C(=O)N3CCC[C@H]3C(N)=O)cc2s1. The molecule has 0 bridgehead atoms. The lowest BCUT2D eigenvalue weighted by Gasteiger charge is -2.22. The lowest BCUT2D eigenvalue weighted by molar-refractivity contribution is -0.121. The summed E-state index contributed by atoms with van der Waals surface area (Å²) in [6.07, 6.45) is 1.38. The summed E-state index contributed by atoms with van der Waals surface area (Å²) < 4.78 is 0.800. The van der Waals surface area contributed by atoms with Crippen molar-refractivity contribution in [1.29, 1.82) is 0 Å². The molecule has 2 aromatic rings. The molecule has 0 aliphatic carbocycles. The first-order chi connectivity index (χ1) is 11.0. The Balaban J connectivity index is 1.89. The van der Waals surface area contributed by atoms with Gasteiger partial charge in [0.25, 0.3) is 5.91 Å². The van der Waals surface area contributed by atoms with Crippen LogP contribution < -0.4 is 11.1 Å². The summed E-state index contributed by atoms with van der Waals surface area (Å²) in [7, 11) is 0. The highest BCUT2D eigenvalue weighted by Crippen LogP contribution is 2.28. The van der Waals surface area contributed by atoms with Crippen LogP contribution in [0.5, 0.6) is 0 Å². The minimum absolute atomic E-state index is 0.193. The number of amides is 3. The molecule has 1 saturated heterocycles. The Morgan fingerprint density at radius 1 is 1.39 bits per heavy atom. The number of benzene rings is 1. The number of nitrogens with zero attached hydrogens (tertiary/aromatic N) is 2. The molecule has 0 saturated carbocycles. The van der Waals surface area contributed by atoms with Gasteiger partial charge in [0, 0.05) is 19.0 Å². The molecule has 1 atom stereocenters. The molecule has 1 aliphatic rings. The van der Waals surface area contributed by atoms with Gasteiger partial charge in [-0.3, -0.25) is 14.4 Å². The van der Waals surface area contributed by atoms with Crippen LogP contribution in [0.4, 0.5) is 5.13 Å². The summed E-state index contributed by atoms with van der Waals surface area (Å²) in [4.78, 5) is 41.0. The van der Waals surface area contributed by atoms with Gasteiger partial charge in [0.05, 0.1) is 10.2 Å². The van der Waals surface area contributed by atoms with Crippen LogP contribution in [-0.2, 0) is 9.59 Å². The fourth-order valence-corrected chi connectivity index (χ4v) is 3.68. The van der Waals surface area contributed by atoms with E-state index in [9.17, 15) is 14.4 Å². The van der Waals surface area contributed by atoms with E-state index >= 15 is 0 Å². The van der Waals surface area contributed by atoms with Gasteiger partial charge in [0.15, 0.2) is 5.13 Å². The van der Waals surface area contributed by atoms with E-state index in [-0.39, 0.29) is 11.8 Å². The first-order valence-corrected chi connectivity index (χ1v) is 8.06. The standard InChI is InChI=1S/C15H16N4O3S/c1-8(20)17-15-18-10-5-4-9(7-12(10)23-15)14(22)19-6-2-3-11(19)13(16)21/h4-5,7,11H,2-3,6H2,1H3,(H2,16,21)(H,17,18,20)/t11-/m0/s1. The van der Waals surface area contributed by atoms with Crippen LogP contribution in [0.2, 0.25) is 0 Å². The lowest BCUT2D eigenvalue weighted by Crippen LogP contribution is -2.43. The number of nitrogens with two attached hydrogens (primary N) is 1. The average Bonchev–Trinajstić information content (AvgIpc) is 3.10. The second-order valence-corrected chi connectivity index (χ2v) is 6.47.